The Bertz CT molecular complexity index is 290. The van der Waals surface area contributed by atoms with Gasteiger partial charge < -0.3 is 20.3 Å². The summed E-state index contributed by atoms with van der Waals surface area (Å²) in [6, 6.07) is -0.873. The number of hydrogen-bond donors (Lipinski definition) is 3. The van der Waals surface area contributed by atoms with E-state index in [0.717, 1.165) is 5.75 Å². The summed E-state index contributed by atoms with van der Waals surface area (Å²) in [5.41, 5.74) is -0.666. The molecule has 0 aliphatic rings. The Morgan fingerprint density at radius 1 is 1.39 bits per heavy atom. The van der Waals surface area contributed by atoms with E-state index in [1.54, 1.807) is 20.8 Å². The summed E-state index contributed by atoms with van der Waals surface area (Å²) in [4.78, 5) is 22.2. The number of aliphatic hydroxyl groups is 1. The summed E-state index contributed by atoms with van der Waals surface area (Å²) in [6.07, 6.45) is -2.37. The van der Waals surface area contributed by atoms with Crippen molar-refractivity contribution in [2.75, 3.05) is 11.5 Å². The highest BCUT2D eigenvalue weighted by molar-refractivity contribution is 7.99. The minimum atomic E-state index is -1.64. The van der Waals surface area contributed by atoms with E-state index in [0.29, 0.717) is 5.75 Å². The molecule has 2 atom stereocenters. The number of alkyl carbamates (subject to hydrolysis) is 1. The highest BCUT2D eigenvalue weighted by Crippen LogP contribution is 2.10. The van der Waals surface area contributed by atoms with Gasteiger partial charge in [0.1, 0.15) is 5.60 Å². The summed E-state index contributed by atoms with van der Waals surface area (Å²) in [5.74, 6) is -0.296. The molecule has 0 radical (unpaired) electrons. The fourth-order valence-electron chi connectivity index (χ4n) is 1.09. The van der Waals surface area contributed by atoms with Gasteiger partial charge in [0, 0.05) is 5.75 Å². The Hall–Kier alpha value is -0.950. The Morgan fingerprint density at radius 2 is 1.94 bits per heavy atom. The van der Waals surface area contributed by atoms with Crippen molar-refractivity contribution < 1.29 is 24.5 Å². The Balaban J connectivity index is 4.49. The number of thioether (sulfide) groups is 1. The quantitative estimate of drug-likeness (QED) is 0.673. The molecular formula is C11H21NO5S. The molecule has 0 bridgehead atoms. The van der Waals surface area contributed by atoms with Crippen LogP contribution in [0.25, 0.3) is 0 Å². The van der Waals surface area contributed by atoms with Gasteiger partial charge in [-0.15, -0.1) is 0 Å². The fourth-order valence-corrected chi connectivity index (χ4v) is 1.84. The number of nitrogens with one attached hydrogen (secondary N) is 1. The maximum atomic E-state index is 11.5. The number of rotatable bonds is 6. The summed E-state index contributed by atoms with van der Waals surface area (Å²) in [7, 11) is 0. The lowest BCUT2D eigenvalue weighted by Crippen LogP contribution is -2.49. The van der Waals surface area contributed by atoms with Gasteiger partial charge in [-0.25, -0.2) is 9.59 Å². The minimum Gasteiger partial charge on any atom is -0.479 e. The smallest absolute Gasteiger partial charge is 0.408 e. The molecule has 7 heteroatoms. The average Bonchev–Trinajstić information content (AvgIpc) is 2.20. The molecule has 0 rings (SSSR count). The van der Waals surface area contributed by atoms with Gasteiger partial charge in [-0.05, 0) is 26.5 Å². The average molecular weight is 279 g/mol. The molecule has 0 aromatic heterocycles. The van der Waals surface area contributed by atoms with Gasteiger partial charge in [0.15, 0.2) is 6.10 Å². The van der Waals surface area contributed by atoms with Gasteiger partial charge in [-0.3, -0.25) is 0 Å². The molecule has 106 valence electrons. The van der Waals surface area contributed by atoms with Crippen LogP contribution in [0.1, 0.15) is 27.7 Å². The second kappa shape index (κ2) is 7.48. The van der Waals surface area contributed by atoms with Crippen molar-refractivity contribution in [1.82, 2.24) is 5.32 Å². The zero-order chi connectivity index (χ0) is 14.3. The van der Waals surface area contributed by atoms with Crippen molar-refractivity contribution in [3.63, 3.8) is 0 Å². The number of carbonyl (C=O) groups excluding carboxylic acids is 1. The van der Waals surface area contributed by atoms with E-state index < -0.39 is 29.8 Å². The first kappa shape index (κ1) is 17.1. The van der Waals surface area contributed by atoms with Crippen molar-refractivity contribution in [1.29, 1.82) is 0 Å². The van der Waals surface area contributed by atoms with Crippen LogP contribution >= 0.6 is 11.8 Å². The van der Waals surface area contributed by atoms with Gasteiger partial charge in [0.25, 0.3) is 0 Å². The van der Waals surface area contributed by atoms with Crippen LogP contribution in [0.4, 0.5) is 4.79 Å². The molecule has 6 nitrogen and oxygen atoms in total. The van der Waals surface area contributed by atoms with Crippen LogP contribution in [0.5, 0.6) is 0 Å². The van der Waals surface area contributed by atoms with E-state index in [9.17, 15) is 14.7 Å². The van der Waals surface area contributed by atoms with Crippen molar-refractivity contribution >= 4 is 23.8 Å². The highest BCUT2D eigenvalue weighted by atomic mass is 32.2. The summed E-state index contributed by atoms with van der Waals surface area (Å²) >= 11 is 1.43. The number of carboxylic acid groups (broad SMARTS) is 1. The van der Waals surface area contributed by atoms with Crippen LogP contribution in [0.3, 0.4) is 0 Å². The molecule has 0 saturated carbocycles. The number of amides is 1. The van der Waals surface area contributed by atoms with Gasteiger partial charge in [0.05, 0.1) is 6.04 Å². The topological polar surface area (TPSA) is 95.9 Å². The van der Waals surface area contributed by atoms with Gasteiger partial charge >= 0.3 is 12.1 Å². The van der Waals surface area contributed by atoms with E-state index in [1.807, 2.05) is 6.92 Å². The molecule has 0 fully saturated rings. The van der Waals surface area contributed by atoms with Crippen molar-refractivity contribution in [3.8, 4) is 0 Å². The summed E-state index contributed by atoms with van der Waals surface area (Å²) < 4.78 is 5.01. The van der Waals surface area contributed by atoms with Gasteiger partial charge in [0.2, 0.25) is 0 Å². The molecule has 0 spiro atoms. The number of aliphatic hydroxyl groups excluding tert-OH is 1. The first-order valence-electron chi connectivity index (χ1n) is 5.65. The first-order valence-corrected chi connectivity index (χ1v) is 6.81. The number of carboxylic acids is 1. The number of hydrogen-bond acceptors (Lipinski definition) is 5. The molecule has 18 heavy (non-hydrogen) atoms. The molecule has 0 aromatic carbocycles. The predicted molar refractivity (Wildman–Crippen MR) is 69.8 cm³/mol. The lowest BCUT2D eigenvalue weighted by molar-refractivity contribution is -0.147. The van der Waals surface area contributed by atoms with Crippen LogP contribution in [0.2, 0.25) is 0 Å². The third kappa shape index (κ3) is 7.39. The SMILES string of the molecule is CCSC[C@H](NC(=O)OC(C)(C)C)C(O)C(=O)O. The molecular weight excluding hydrogens is 258 g/mol. The first-order chi connectivity index (χ1) is 8.17. The Kier molecular flexibility index (Phi) is 7.08. The molecule has 0 aliphatic heterocycles. The second-order valence-electron chi connectivity index (χ2n) is 4.70. The molecule has 0 saturated heterocycles. The third-order valence-electron chi connectivity index (χ3n) is 1.84. The van der Waals surface area contributed by atoms with Crippen LogP contribution in [-0.4, -0.2) is 51.5 Å². The minimum absolute atomic E-state index is 0.309. The highest BCUT2D eigenvalue weighted by Gasteiger charge is 2.28. The second-order valence-corrected chi connectivity index (χ2v) is 6.01. The monoisotopic (exact) mass is 279 g/mol. The van der Waals surface area contributed by atoms with E-state index >= 15 is 0 Å². The lowest BCUT2D eigenvalue weighted by atomic mass is 10.2. The van der Waals surface area contributed by atoms with Gasteiger partial charge in [-0.2, -0.15) is 11.8 Å². The molecule has 0 aromatic rings. The van der Waals surface area contributed by atoms with Crippen LogP contribution < -0.4 is 5.32 Å². The molecule has 1 unspecified atom stereocenters. The Morgan fingerprint density at radius 3 is 2.33 bits per heavy atom. The third-order valence-corrected chi connectivity index (χ3v) is 2.84. The number of ether oxygens (including phenoxy) is 1. The standard InChI is InChI=1S/C11H21NO5S/c1-5-18-6-7(8(13)9(14)15)12-10(16)17-11(2,3)4/h7-8,13H,5-6H2,1-4H3,(H,12,16)(H,14,15)/t7-,8?/m0/s1. The summed E-state index contributed by atoms with van der Waals surface area (Å²) in [5, 5.41) is 20.6. The number of aliphatic carboxylic acids is 1. The van der Waals surface area contributed by atoms with E-state index in [1.165, 1.54) is 11.8 Å². The maximum Gasteiger partial charge on any atom is 0.408 e. The summed E-state index contributed by atoms with van der Waals surface area (Å²) in [6.45, 7) is 7.02. The zero-order valence-corrected chi connectivity index (χ0v) is 11.9. The molecule has 3 N–H and O–H groups in total. The Labute approximate surface area is 111 Å². The maximum absolute atomic E-state index is 11.5. The van der Waals surface area contributed by atoms with Crippen LogP contribution in [0.15, 0.2) is 0 Å². The van der Waals surface area contributed by atoms with Crippen LogP contribution in [0, 0.1) is 0 Å². The normalized spacial score (nSPS) is 14.7. The van der Waals surface area contributed by atoms with E-state index in [2.05, 4.69) is 5.32 Å². The fraction of sp³-hybridized carbons (Fsp3) is 0.818. The van der Waals surface area contributed by atoms with E-state index in [-0.39, 0.29) is 0 Å². The van der Waals surface area contributed by atoms with Crippen molar-refractivity contribution in [3.05, 3.63) is 0 Å². The zero-order valence-electron chi connectivity index (χ0n) is 11.1. The van der Waals surface area contributed by atoms with Crippen molar-refractivity contribution in [2.45, 2.75) is 45.4 Å². The predicted octanol–water partition coefficient (Wildman–Crippen LogP) is 1.08. The van der Waals surface area contributed by atoms with Gasteiger partial charge in [-0.1, -0.05) is 6.92 Å². The lowest BCUT2D eigenvalue weighted by Gasteiger charge is -2.24. The largest absolute Gasteiger partial charge is 0.479 e. The van der Waals surface area contributed by atoms with Crippen LogP contribution in [-0.2, 0) is 9.53 Å². The molecule has 0 aliphatic carbocycles. The van der Waals surface area contributed by atoms with Crippen molar-refractivity contribution in [2.24, 2.45) is 0 Å². The number of carbonyl (C=O) groups is 2. The molecule has 1 amide bonds. The van der Waals surface area contributed by atoms with E-state index in [4.69, 9.17) is 9.84 Å². The molecule has 0 heterocycles.